The molecular weight excluding hydrogens is 234 g/mol. The van der Waals surface area contributed by atoms with Gasteiger partial charge in [0.2, 0.25) is 5.91 Å². The molecule has 1 atom stereocenters. The molecule has 1 aromatic rings. The van der Waals surface area contributed by atoms with Crippen LogP contribution in [0.15, 0.2) is 24.3 Å². The molecule has 0 aliphatic rings. The Hall–Kier alpha value is -1.95. The van der Waals surface area contributed by atoms with Crippen molar-refractivity contribution >= 4 is 17.3 Å². The van der Waals surface area contributed by atoms with Crippen molar-refractivity contribution in [3.05, 3.63) is 34.4 Å². The van der Waals surface area contributed by atoms with Crippen LogP contribution in [0, 0.1) is 10.1 Å². The van der Waals surface area contributed by atoms with Crippen molar-refractivity contribution in [2.75, 3.05) is 11.9 Å². The summed E-state index contributed by atoms with van der Waals surface area (Å²) in [6, 6.07) is 5.69. The van der Waals surface area contributed by atoms with E-state index in [9.17, 15) is 14.9 Å². The van der Waals surface area contributed by atoms with Crippen LogP contribution in [0.4, 0.5) is 11.4 Å². The van der Waals surface area contributed by atoms with Crippen LogP contribution in [0.25, 0.3) is 0 Å². The molecule has 6 nitrogen and oxygen atoms in total. The zero-order valence-corrected chi connectivity index (χ0v) is 10.5. The highest BCUT2D eigenvalue weighted by Gasteiger charge is 2.15. The van der Waals surface area contributed by atoms with Crippen LogP contribution >= 0.6 is 0 Å². The summed E-state index contributed by atoms with van der Waals surface area (Å²) in [6.45, 7) is 1.92. The second-order valence-electron chi connectivity index (χ2n) is 4.10. The zero-order valence-electron chi connectivity index (χ0n) is 10.5. The van der Waals surface area contributed by atoms with E-state index in [1.165, 1.54) is 17.0 Å². The summed E-state index contributed by atoms with van der Waals surface area (Å²) in [5, 5.41) is 10.5. The molecule has 0 saturated carbocycles. The van der Waals surface area contributed by atoms with Crippen LogP contribution in [0.2, 0.25) is 0 Å². The molecule has 0 aliphatic heterocycles. The Morgan fingerprint density at radius 2 is 2.00 bits per heavy atom. The molecule has 18 heavy (non-hydrogen) atoms. The number of carbonyl (C=O) groups is 1. The van der Waals surface area contributed by atoms with E-state index in [-0.39, 0.29) is 24.1 Å². The number of anilines is 1. The zero-order chi connectivity index (χ0) is 13.7. The average molecular weight is 251 g/mol. The number of hydrogen-bond donors (Lipinski definition) is 1. The van der Waals surface area contributed by atoms with Gasteiger partial charge in [0.15, 0.2) is 0 Å². The van der Waals surface area contributed by atoms with Gasteiger partial charge in [-0.25, -0.2) is 0 Å². The van der Waals surface area contributed by atoms with Gasteiger partial charge in [-0.05, 0) is 18.6 Å². The fourth-order valence-electron chi connectivity index (χ4n) is 1.45. The molecule has 0 heterocycles. The second-order valence-corrected chi connectivity index (χ2v) is 4.10. The maximum Gasteiger partial charge on any atom is 0.269 e. The molecule has 0 radical (unpaired) electrons. The predicted molar refractivity (Wildman–Crippen MR) is 69.4 cm³/mol. The third-order valence-electron chi connectivity index (χ3n) is 2.78. The Morgan fingerprint density at radius 1 is 1.44 bits per heavy atom. The third-order valence-corrected chi connectivity index (χ3v) is 2.78. The predicted octanol–water partition coefficient (Wildman–Crippen LogP) is 1.68. The van der Waals surface area contributed by atoms with Gasteiger partial charge in [-0.3, -0.25) is 14.9 Å². The molecule has 0 bridgehead atoms. The number of rotatable bonds is 5. The lowest BCUT2D eigenvalue weighted by Gasteiger charge is -2.19. The van der Waals surface area contributed by atoms with Crippen LogP contribution in [-0.2, 0) is 4.79 Å². The van der Waals surface area contributed by atoms with Crippen LogP contribution in [0.1, 0.15) is 19.8 Å². The van der Waals surface area contributed by atoms with Crippen molar-refractivity contribution in [3.63, 3.8) is 0 Å². The molecule has 6 heteroatoms. The number of nitro benzene ring substituents is 1. The largest absolute Gasteiger partial charge is 0.327 e. The topological polar surface area (TPSA) is 89.5 Å². The van der Waals surface area contributed by atoms with Crippen LogP contribution in [0.5, 0.6) is 0 Å². The first-order chi connectivity index (χ1) is 8.45. The summed E-state index contributed by atoms with van der Waals surface area (Å²) >= 11 is 0. The third kappa shape index (κ3) is 3.53. The van der Waals surface area contributed by atoms with E-state index in [1.54, 1.807) is 19.2 Å². The number of amides is 1. The summed E-state index contributed by atoms with van der Waals surface area (Å²) in [4.78, 5) is 23.3. The maximum absolute atomic E-state index is 11.8. The van der Waals surface area contributed by atoms with Gasteiger partial charge in [-0.2, -0.15) is 0 Å². The molecule has 98 valence electrons. The molecule has 0 aromatic heterocycles. The van der Waals surface area contributed by atoms with Gasteiger partial charge in [0, 0.05) is 37.3 Å². The fraction of sp³-hybridized carbons (Fsp3) is 0.417. The minimum atomic E-state index is -0.474. The Morgan fingerprint density at radius 3 is 2.44 bits per heavy atom. The van der Waals surface area contributed by atoms with Crippen molar-refractivity contribution in [1.29, 1.82) is 0 Å². The minimum absolute atomic E-state index is 0.00450. The molecule has 0 aliphatic carbocycles. The molecule has 0 spiro atoms. The molecule has 1 unspecified atom stereocenters. The van der Waals surface area contributed by atoms with E-state index in [1.807, 2.05) is 6.92 Å². The van der Waals surface area contributed by atoms with Crippen molar-refractivity contribution < 1.29 is 9.72 Å². The summed E-state index contributed by atoms with van der Waals surface area (Å²) < 4.78 is 0. The smallest absolute Gasteiger partial charge is 0.269 e. The van der Waals surface area contributed by atoms with Crippen LogP contribution < -0.4 is 10.6 Å². The average Bonchev–Trinajstić information content (AvgIpc) is 2.37. The summed E-state index contributed by atoms with van der Waals surface area (Å²) in [5.41, 5.74) is 6.34. The molecular formula is C12H17N3O3. The fourth-order valence-corrected chi connectivity index (χ4v) is 1.45. The molecule has 0 fully saturated rings. The van der Waals surface area contributed by atoms with Crippen molar-refractivity contribution in [2.24, 2.45) is 5.73 Å². The van der Waals surface area contributed by atoms with E-state index in [0.29, 0.717) is 5.69 Å². The number of carbonyl (C=O) groups excluding carboxylic acids is 1. The highest BCUT2D eigenvalue weighted by atomic mass is 16.6. The molecule has 0 saturated heterocycles. The van der Waals surface area contributed by atoms with Crippen LogP contribution in [-0.4, -0.2) is 23.9 Å². The van der Waals surface area contributed by atoms with Crippen molar-refractivity contribution in [1.82, 2.24) is 0 Å². The van der Waals surface area contributed by atoms with E-state index in [4.69, 9.17) is 5.73 Å². The van der Waals surface area contributed by atoms with E-state index >= 15 is 0 Å². The Labute approximate surface area is 106 Å². The van der Waals surface area contributed by atoms with Gasteiger partial charge in [-0.1, -0.05) is 6.92 Å². The summed E-state index contributed by atoms with van der Waals surface area (Å²) in [6.07, 6.45) is 1.00. The first-order valence-corrected chi connectivity index (χ1v) is 5.72. The molecule has 2 N–H and O–H groups in total. The maximum atomic E-state index is 11.8. The number of benzene rings is 1. The molecule has 1 amide bonds. The van der Waals surface area contributed by atoms with E-state index in [0.717, 1.165) is 6.42 Å². The van der Waals surface area contributed by atoms with Gasteiger partial charge >= 0.3 is 0 Å². The van der Waals surface area contributed by atoms with Crippen LogP contribution in [0.3, 0.4) is 0 Å². The van der Waals surface area contributed by atoms with Crippen molar-refractivity contribution in [3.8, 4) is 0 Å². The Bertz CT molecular complexity index is 431. The summed E-state index contributed by atoms with van der Waals surface area (Å²) in [7, 11) is 1.63. The number of hydrogen-bond acceptors (Lipinski definition) is 4. The van der Waals surface area contributed by atoms with Gasteiger partial charge in [0.05, 0.1) is 4.92 Å². The standard InChI is InChI=1S/C12H17N3O3/c1-3-9(13)8-12(16)14(2)10-4-6-11(7-5-10)15(17)18/h4-7,9H,3,8,13H2,1-2H3. The highest BCUT2D eigenvalue weighted by molar-refractivity contribution is 5.93. The van der Waals surface area contributed by atoms with E-state index in [2.05, 4.69) is 0 Å². The Balaban J connectivity index is 2.74. The SMILES string of the molecule is CCC(N)CC(=O)N(C)c1ccc([N+](=O)[O-])cc1. The van der Waals surface area contributed by atoms with Gasteiger partial charge in [0.25, 0.3) is 5.69 Å². The minimum Gasteiger partial charge on any atom is -0.327 e. The van der Waals surface area contributed by atoms with E-state index < -0.39 is 4.92 Å². The molecule has 1 aromatic carbocycles. The molecule has 1 rings (SSSR count). The lowest BCUT2D eigenvalue weighted by molar-refractivity contribution is -0.384. The number of nitrogens with two attached hydrogens (primary N) is 1. The highest BCUT2D eigenvalue weighted by Crippen LogP contribution is 2.19. The van der Waals surface area contributed by atoms with Crippen molar-refractivity contribution in [2.45, 2.75) is 25.8 Å². The monoisotopic (exact) mass is 251 g/mol. The normalized spacial score (nSPS) is 11.9. The van der Waals surface area contributed by atoms with Gasteiger partial charge in [-0.15, -0.1) is 0 Å². The first-order valence-electron chi connectivity index (χ1n) is 5.72. The lowest BCUT2D eigenvalue weighted by atomic mass is 10.1. The Kier molecular flexibility index (Phi) is 4.79. The quantitative estimate of drug-likeness (QED) is 0.637. The summed E-state index contributed by atoms with van der Waals surface area (Å²) in [5.74, 6) is -0.0989. The number of nitrogens with zero attached hydrogens (tertiary/aromatic N) is 2. The van der Waals surface area contributed by atoms with Gasteiger partial charge < -0.3 is 10.6 Å². The number of nitro groups is 1. The second kappa shape index (κ2) is 6.11. The van der Waals surface area contributed by atoms with Gasteiger partial charge in [0.1, 0.15) is 0 Å². The first kappa shape index (κ1) is 14.1. The number of non-ortho nitro benzene ring substituents is 1. The lowest BCUT2D eigenvalue weighted by Crippen LogP contribution is -2.32.